The molecule has 2 aromatic rings. The van der Waals surface area contributed by atoms with Gasteiger partial charge in [0.05, 0.1) is 4.47 Å². The Morgan fingerprint density at radius 2 is 1.85 bits per heavy atom. The quantitative estimate of drug-likeness (QED) is 0.472. The first-order chi connectivity index (χ1) is 15.8. The van der Waals surface area contributed by atoms with Gasteiger partial charge in [0.25, 0.3) is 5.91 Å². The molecule has 1 saturated carbocycles. The Balaban J connectivity index is 1.73. The number of ether oxygens (including phenoxy) is 1. The van der Waals surface area contributed by atoms with Gasteiger partial charge in [0.15, 0.2) is 6.61 Å². The molecule has 0 aliphatic heterocycles. The van der Waals surface area contributed by atoms with Crippen LogP contribution in [0.4, 0.5) is 4.39 Å². The number of carbonyl (C=O) groups excluding carboxylic acids is 2. The highest BCUT2D eigenvalue weighted by Crippen LogP contribution is 2.29. The lowest BCUT2D eigenvalue weighted by molar-refractivity contribution is -0.142. The number of rotatable bonds is 9. The maximum Gasteiger partial charge on any atom is 0.261 e. The van der Waals surface area contributed by atoms with Crippen LogP contribution in [0.15, 0.2) is 46.9 Å². The van der Waals surface area contributed by atoms with Crippen LogP contribution in [-0.2, 0) is 16.1 Å². The number of hydrogen-bond acceptors (Lipinski definition) is 3. The van der Waals surface area contributed by atoms with E-state index in [4.69, 9.17) is 4.74 Å². The van der Waals surface area contributed by atoms with Gasteiger partial charge in [-0.05, 0) is 65.4 Å². The molecule has 1 N–H and O–H groups in total. The molecule has 0 bridgehead atoms. The Kier molecular flexibility index (Phi) is 8.89. The highest BCUT2D eigenvalue weighted by molar-refractivity contribution is 9.10. The number of nitrogens with zero attached hydrogens (tertiary/aromatic N) is 1. The van der Waals surface area contributed by atoms with Gasteiger partial charge in [0, 0.05) is 18.2 Å². The number of nitrogens with one attached hydrogen (secondary N) is 1. The molecule has 0 radical (unpaired) electrons. The van der Waals surface area contributed by atoms with Gasteiger partial charge < -0.3 is 15.0 Å². The maximum atomic E-state index is 14.3. The fraction of sp³-hybridized carbons (Fsp3) is 0.462. The molecule has 0 aromatic heterocycles. The smallest absolute Gasteiger partial charge is 0.261 e. The molecule has 5 nitrogen and oxygen atoms in total. The largest absolute Gasteiger partial charge is 0.483 e. The monoisotopic (exact) mass is 518 g/mol. The average Bonchev–Trinajstić information content (AvgIpc) is 3.30. The highest BCUT2D eigenvalue weighted by atomic mass is 79.9. The molecule has 1 unspecified atom stereocenters. The Hall–Kier alpha value is -2.41. The van der Waals surface area contributed by atoms with Crippen molar-refractivity contribution < 1.29 is 18.7 Å². The molecular weight excluding hydrogens is 487 g/mol. The minimum absolute atomic E-state index is 0.0123. The molecule has 0 heterocycles. The molecule has 1 fully saturated rings. The first-order valence-corrected chi connectivity index (χ1v) is 12.3. The zero-order valence-corrected chi connectivity index (χ0v) is 21.0. The minimum Gasteiger partial charge on any atom is -0.483 e. The predicted molar refractivity (Wildman–Crippen MR) is 131 cm³/mol. The summed E-state index contributed by atoms with van der Waals surface area (Å²) in [5, 5.41) is 3.04. The van der Waals surface area contributed by atoms with Crippen LogP contribution in [-0.4, -0.2) is 35.4 Å². The summed E-state index contributed by atoms with van der Waals surface area (Å²) in [5.41, 5.74) is 1.51. The van der Waals surface area contributed by atoms with Crippen molar-refractivity contribution >= 4 is 27.7 Å². The lowest BCUT2D eigenvalue weighted by Crippen LogP contribution is -2.50. The van der Waals surface area contributed by atoms with Gasteiger partial charge in [0.1, 0.15) is 17.6 Å². The van der Waals surface area contributed by atoms with Crippen LogP contribution < -0.4 is 10.1 Å². The second-order valence-corrected chi connectivity index (χ2v) is 9.77. The zero-order valence-electron chi connectivity index (χ0n) is 19.4. The van der Waals surface area contributed by atoms with E-state index < -0.39 is 11.9 Å². The Morgan fingerprint density at radius 3 is 2.48 bits per heavy atom. The van der Waals surface area contributed by atoms with E-state index in [1.165, 1.54) is 11.0 Å². The van der Waals surface area contributed by atoms with E-state index in [-0.39, 0.29) is 31.0 Å². The topological polar surface area (TPSA) is 58.6 Å². The summed E-state index contributed by atoms with van der Waals surface area (Å²) in [6.45, 7) is 5.61. The predicted octanol–water partition coefficient (Wildman–Crippen LogP) is 5.57. The Morgan fingerprint density at radius 1 is 1.15 bits per heavy atom. The molecule has 2 amide bonds. The molecule has 33 heavy (non-hydrogen) atoms. The average molecular weight is 519 g/mol. The summed E-state index contributed by atoms with van der Waals surface area (Å²) in [7, 11) is 0. The molecule has 1 aliphatic carbocycles. The third-order valence-corrected chi connectivity index (χ3v) is 6.76. The van der Waals surface area contributed by atoms with Crippen LogP contribution in [0.3, 0.4) is 0 Å². The number of carbonyl (C=O) groups is 2. The first-order valence-electron chi connectivity index (χ1n) is 11.5. The standard InChI is InChI=1S/C26H32BrFN2O3/c1-17(2)19-12-13-24(22(27)14-19)33-16-25(31)30(15-20-8-4-7-11-23(20)28)18(3)26(32)29-21-9-5-6-10-21/h4,7-8,11-14,17-18,21H,5-6,9-10,15-16H2,1-3H3,(H,29,32). The van der Waals surface area contributed by atoms with E-state index in [1.807, 2.05) is 18.2 Å². The van der Waals surface area contributed by atoms with Crippen molar-refractivity contribution in [3.63, 3.8) is 0 Å². The molecule has 1 aliphatic rings. The second kappa shape index (κ2) is 11.6. The van der Waals surface area contributed by atoms with Crippen LogP contribution >= 0.6 is 15.9 Å². The summed E-state index contributed by atoms with van der Waals surface area (Å²) in [6, 6.07) is 11.4. The van der Waals surface area contributed by atoms with Crippen molar-refractivity contribution in [1.29, 1.82) is 0 Å². The van der Waals surface area contributed by atoms with Crippen molar-refractivity contribution in [3.05, 3.63) is 63.9 Å². The summed E-state index contributed by atoms with van der Waals surface area (Å²) < 4.78 is 20.9. The summed E-state index contributed by atoms with van der Waals surface area (Å²) >= 11 is 3.50. The van der Waals surface area contributed by atoms with Crippen LogP contribution in [0, 0.1) is 5.82 Å². The van der Waals surface area contributed by atoms with Crippen molar-refractivity contribution in [2.45, 2.75) is 71.0 Å². The SMILES string of the molecule is CC(C)c1ccc(OCC(=O)N(Cc2ccccc2F)C(C)C(=O)NC2CCCC2)c(Br)c1. The number of amides is 2. The van der Waals surface area contributed by atoms with E-state index in [2.05, 4.69) is 35.1 Å². The van der Waals surface area contributed by atoms with Gasteiger partial charge in [-0.15, -0.1) is 0 Å². The van der Waals surface area contributed by atoms with E-state index in [0.717, 1.165) is 35.7 Å². The maximum absolute atomic E-state index is 14.3. The van der Waals surface area contributed by atoms with Gasteiger partial charge in [-0.1, -0.05) is 51.0 Å². The van der Waals surface area contributed by atoms with Gasteiger partial charge in [-0.3, -0.25) is 9.59 Å². The minimum atomic E-state index is -0.756. The molecule has 3 rings (SSSR count). The lowest BCUT2D eigenvalue weighted by atomic mass is 10.0. The molecule has 178 valence electrons. The molecule has 2 aromatic carbocycles. The normalized spacial score (nSPS) is 14.8. The fourth-order valence-electron chi connectivity index (χ4n) is 4.00. The number of halogens is 2. The number of hydrogen-bond donors (Lipinski definition) is 1. The third kappa shape index (κ3) is 6.79. The van der Waals surface area contributed by atoms with E-state index in [1.54, 1.807) is 25.1 Å². The summed E-state index contributed by atoms with van der Waals surface area (Å²) in [6.07, 6.45) is 4.08. The highest BCUT2D eigenvalue weighted by Gasteiger charge is 2.29. The molecule has 1 atom stereocenters. The first kappa shape index (κ1) is 25.2. The fourth-order valence-corrected chi connectivity index (χ4v) is 4.51. The van der Waals surface area contributed by atoms with Crippen LogP contribution in [0.25, 0.3) is 0 Å². The lowest BCUT2D eigenvalue weighted by Gasteiger charge is -2.30. The number of benzene rings is 2. The van der Waals surface area contributed by atoms with Crippen molar-refractivity contribution in [3.8, 4) is 5.75 Å². The van der Waals surface area contributed by atoms with Gasteiger partial charge in [-0.25, -0.2) is 4.39 Å². The van der Waals surface area contributed by atoms with Gasteiger partial charge in [-0.2, -0.15) is 0 Å². The third-order valence-electron chi connectivity index (χ3n) is 6.14. The van der Waals surface area contributed by atoms with E-state index in [9.17, 15) is 14.0 Å². The van der Waals surface area contributed by atoms with Crippen molar-refractivity contribution in [1.82, 2.24) is 10.2 Å². The van der Waals surface area contributed by atoms with Crippen LogP contribution in [0.1, 0.15) is 63.5 Å². The molecular formula is C26H32BrFN2O3. The Labute approximate surface area is 203 Å². The van der Waals surface area contributed by atoms with Crippen LogP contribution in [0.5, 0.6) is 5.75 Å². The summed E-state index contributed by atoms with van der Waals surface area (Å²) in [5.74, 6) is -0.109. The van der Waals surface area contributed by atoms with E-state index >= 15 is 0 Å². The molecule has 7 heteroatoms. The van der Waals surface area contributed by atoms with Gasteiger partial charge >= 0.3 is 0 Å². The van der Waals surface area contributed by atoms with Gasteiger partial charge in [0.2, 0.25) is 5.91 Å². The van der Waals surface area contributed by atoms with E-state index in [0.29, 0.717) is 17.2 Å². The Bertz CT molecular complexity index is 976. The van der Waals surface area contributed by atoms with Crippen molar-refractivity contribution in [2.24, 2.45) is 0 Å². The van der Waals surface area contributed by atoms with Crippen LogP contribution in [0.2, 0.25) is 0 Å². The summed E-state index contributed by atoms with van der Waals surface area (Å²) in [4.78, 5) is 27.5. The second-order valence-electron chi connectivity index (χ2n) is 8.91. The molecule has 0 saturated heterocycles. The van der Waals surface area contributed by atoms with Crippen molar-refractivity contribution in [2.75, 3.05) is 6.61 Å². The zero-order chi connectivity index (χ0) is 24.0. The molecule has 0 spiro atoms.